The molecule has 8 nitrogen and oxygen atoms in total. The van der Waals surface area contributed by atoms with E-state index in [4.69, 9.17) is 0 Å². The highest BCUT2D eigenvalue weighted by Crippen LogP contribution is 2.22. The first-order valence-electron chi connectivity index (χ1n) is 11.6. The zero-order valence-corrected chi connectivity index (χ0v) is 20.5. The van der Waals surface area contributed by atoms with Crippen molar-refractivity contribution >= 4 is 29.3 Å². The van der Waals surface area contributed by atoms with E-state index in [0.29, 0.717) is 5.56 Å². The van der Waals surface area contributed by atoms with Crippen molar-refractivity contribution in [1.29, 1.82) is 0 Å². The number of carbonyl (C=O) groups excluding carboxylic acids is 2. The Kier molecular flexibility index (Phi) is 8.83. The van der Waals surface area contributed by atoms with Crippen LogP contribution in [-0.2, 0) is 4.79 Å². The first-order chi connectivity index (χ1) is 17.3. The quantitative estimate of drug-likeness (QED) is 0.156. The fourth-order valence-electron chi connectivity index (χ4n) is 3.55. The van der Waals surface area contributed by atoms with Gasteiger partial charge in [-0.15, -0.1) is 0 Å². The fraction of sp³-hybridized carbons (Fsp3) is 0.179. The summed E-state index contributed by atoms with van der Waals surface area (Å²) in [6, 6.07) is 20.2. The van der Waals surface area contributed by atoms with Gasteiger partial charge in [0.05, 0.1) is 5.71 Å². The summed E-state index contributed by atoms with van der Waals surface area (Å²) in [6.45, 7) is 7.49. The molecule has 3 rings (SSSR count). The van der Waals surface area contributed by atoms with Gasteiger partial charge in [-0.05, 0) is 74.9 Å². The second-order valence-corrected chi connectivity index (χ2v) is 7.98. The summed E-state index contributed by atoms with van der Waals surface area (Å²) in [5.74, 6) is -1.23. The maximum atomic E-state index is 13.0. The first-order valence-corrected chi connectivity index (χ1v) is 11.6. The Morgan fingerprint density at radius 1 is 0.944 bits per heavy atom. The Morgan fingerprint density at radius 2 is 1.61 bits per heavy atom. The molecular weight excluding hydrogens is 456 g/mol. The molecule has 36 heavy (non-hydrogen) atoms. The highest BCUT2D eigenvalue weighted by Gasteiger charge is 2.15. The third kappa shape index (κ3) is 6.73. The van der Waals surface area contributed by atoms with Crippen LogP contribution < -0.4 is 15.6 Å². The largest absolute Gasteiger partial charge is 0.508 e. The minimum atomic E-state index is -0.647. The van der Waals surface area contributed by atoms with E-state index in [-0.39, 0.29) is 28.5 Å². The average Bonchev–Trinajstić information content (AvgIpc) is 2.90. The Morgan fingerprint density at radius 3 is 2.25 bits per heavy atom. The fourth-order valence-corrected chi connectivity index (χ4v) is 3.55. The molecule has 0 aliphatic heterocycles. The van der Waals surface area contributed by atoms with Gasteiger partial charge < -0.3 is 20.4 Å². The molecule has 4 N–H and O–H groups in total. The van der Waals surface area contributed by atoms with Crippen LogP contribution in [0.3, 0.4) is 0 Å². The number of hydrazone groups is 1. The van der Waals surface area contributed by atoms with Crippen LogP contribution in [-0.4, -0.2) is 40.8 Å². The van der Waals surface area contributed by atoms with Crippen LogP contribution in [0.25, 0.3) is 6.08 Å². The standard InChI is InChI=1S/C28H30N4O4/c1-4-32(5-2)22-13-11-20(12-14-22)17-25(29-27(35)21-9-7-6-8-10-21)28(36)31-30-19(3)24-18-23(33)15-16-26(24)34/h6-18,33-34H,4-5H2,1-3H3,(H,29,35)(H,31,36)/b25-17+,30-19-. The van der Waals surface area contributed by atoms with Crippen molar-refractivity contribution in [1.82, 2.24) is 10.7 Å². The highest BCUT2D eigenvalue weighted by molar-refractivity contribution is 6.06. The zero-order chi connectivity index (χ0) is 26.1. The number of anilines is 1. The molecule has 0 aliphatic rings. The first kappa shape index (κ1) is 26.0. The Hall–Kier alpha value is -4.59. The lowest BCUT2D eigenvalue weighted by Gasteiger charge is -2.21. The molecule has 2 amide bonds. The summed E-state index contributed by atoms with van der Waals surface area (Å²) in [4.78, 5) is 28.0. The number of hydrogen-bond acceptors (Lipinski definition) is 6. The number of aromatic hydroxyl groups is 2. The summed E-state index contributed by atoms with van der Waals surface area (Å²) < 4.78 is 0. The SMILES string of the molecule is CCN(CC)c1ccc(/C=C(/NC(=O)c2ccccc2)C(=O)N/N=C(/C)c2cc(O)ccc2O)cc1. The minimum Gasteiger partial charge on any atom is -0.508 e. The summed E-state index contributed by atoms with van der Waals surface area (Å²) in [7, 11) is 0. The van der Waals surface area contributed by atoms with E-state index < -0.39 is 11.8 Å². The highest BCUT2D eigenvalue weighted by atomic mass is 16.3. The van der Waals surface area contributed by atoms with Crippen molar-refractivity contribution in [3.05, 3.63) is 95.2 Å². The normalized spacial score (nSPS) is 11.6. The number of nitrogens with zero attached hydrogens (tertiary/aromatic N) is 2. The van der Waals surface area contributed by atoms with Gasteiger partial charge in [-0.2, -0.15) is 5.10 Å². The molecule has 0 heterocycles. The molecular formula is C28H30N4O4. The number of phenolic OH excluding ortho intramolecular Hbond substituents is 2. The summed E-state index contributed by atoms with van der Waals surface area (Å²) >= 11 is 0. The van der Waals surface area contributed by atoms with Gasteiger partial charge in [0, 0.05) is 29.9 Å². The summed E-state index contributed by atoms with van der Waals surface area (Å²) in [6.07, 6.45) is 1.57. The van der Waals surface area contributed by atoms with Crippen LogP contribution in [0.15, 0.2) is 83.6 Å². The predicted octanol–water partition coefficient (Wildman–Crippen LogP) is 4.26. The molecule has 0 aliphatic carbocycles. The van der Waals surface area contributed by atoms with E-state index in [1.54, 1.807) is 43.3 Å². The van der Waals surface area contributed by atoms with Crippen LogP contribution in [0.4, 0.5) is 5.69 Å². The molecule has 0 saturated carbocycles. The lowest BCUT2D eigenvalue weighted by molar-refractivity contribution is -0.117. The number of amides is 2. The topological polar surface area (TPSA) is 114 Å². The average molecular weight is 487 g/mol. The summed E-state index contributed by atoms with van der Waals surface area (Å²) in [5, 5.41) is 26.4. The number of nitrogens with one attached hydrogen (secondary N) is 2. The van der Waals surface area contributed by atoms with Crippen molar-refractivity contribution in [3.63, 3.8) is 0 Å². The van der Waals surface area contributed by atoms with Crippen molar-refractivity contribution in [3.8, 4) is 11.5 Å². The van der Waals surface area contributed by atoms with Gasteiger partial charge in [-0.3, -0.25) is 9.59 Å². The Bertz CT molecular complexity index is 1260. The van der Waals surface area contributed by atoms with E-state index >= 15 is 0 Å². The Labute approximate surface area is 210 Å². The number of carbonyl (C=O) groups is 2. The molecule has 0 spiro atoms. The molecule has 0 atom stereocenters. The van der Waals surface area contributed by atoms with Crippen molar-refractivity contribution in [2.24, 2.45) is 5.10 Å². The van der Waals surface area contributed by atoms with Crippen LogP contribution in [0, 0.1) is 0 Å². The maximum absolute atomic E-state index is 13.0. The van der Waals surface area contributed by atoms with Gasteiger partial charge in [0.15, 0.2) is 0 Å². The van der Waals surface area contributed by atoms with Crippen LogP contribution in [0.2, 0.25) is 0 Å². The molecule has 0 aromatic heterocycles. The number of phenols is 2. The van der Waals surface area contributed by atoms with E-state index in [1.807, 2.05) is 24.3 Å². The van der Waals surface area contributed by atoms with E-state index in [1.165, 1.54) is 18.2 Å². The third-order valence-electron chi connectivity index (χ3n) is 5.56. The second kappa shape index (κ2) is 12.2. The Balaban J connectivity index is 1.88. The maximum Gasteiger partial charge on any atom is 0.287 e. The number of hydrogen-bond donors (Lipinski definition) is 4. The minimum absolute atomic E-state index is 0.00359. The molecule has 0 bridgehead atoms. The monoisotopic (exact) mass is 486 g/mol. The van der Waals surface area contributed by atoms with E-state index in [2.05, 4.69) is 34.6 Å². The molecule has 0 fully saturated rings. The van der Waals surface area contributed by atoms with Gasteiger partial charge in [-0.1, -0.05) is 30.3 Å². The molecule has 186 valence electrons. The molecule has 0 saturated heterocycles. The number of benzene rings is 3. The molecule has 3 aromatic carbocycles. The second-order valence-electron chi connectivity index (χ2n) is 7.98. The zero-order valence-electron chi connectivity index (χ0n) is 20.5. The third-order valence-corrected chi connectivity index (χ3v) is 5.56. The van der Waals surface area contributed by atoms with Crippen molar-refractivity contribution in [2.45, 2.75) is 20.8 Å². The number of rotatable bonds is 9. The van der Waals surface area contributed by atoms with Gasteiger partial charge in [0.1, 0.15) is 17.2 Å². The lowest BCUT2D eigenvalue weighted by atomic mass is 10.1. The van der Waals surface area contributed by atoms with Crippen LogP contribution in [0.5, 0.6) is 11.5 Å². The predicted molar refractivity (Wildman–Crippen MR) is 142 cm³/mol. The smallest absolute Gasteiger partial charge is 0.287 e. The summed E-state index contributed by atoms with van der Waals surface area (Å²) in [5.41, 5.74) is 5.13. The van der Waals surface area contributed by atoms with Crippen LogP contribution >= 0.6 is 0 Å². The molecule has 0 unspecified atom stereocenters. The van der Waals surface area contributed by atoms with Gasteiger partial charge in [0.2, 0.25) is 0 Å². The van der Waals surface area contributed by atoms with Crippen LogP contribution in [0.1, 0.15) is 42.3 Å². The van der Waals surface area contributed by atoms with Crippen molar-refractivity contribution < 1.29 is 19.8 Å². The molecule has 8 heteroatoms. The lowest BCUT2D eigenvalue weighted by Crippen LogP contribution is -2.33. The van der Waals surface area contributed by atoms with E-state index in [0.717, 1.165) is 24.3 Å². The van der Waals surface area contributed by atoms with E-state index in [9.17, 15) is 19.8 Å². The van der Waals surface area contributed by atoms with Gasteiger partial charge in [-0.25, -0.2) is 5.43 Å². The molecule has 3 aromatic rings. The molecule has 0 radical (unpaired) electrons. The van der Waals surface area contributed by atoms with Gasteiger partial charge in [0.25, 0.3) is 11.8 Å². The van der Waals surface area contributed by atoms with Crippen molar-refractivity contribution in [2.75, 3.05) is 18.0 Å². The van der Waals surface area contributed by atoms with Gasteiger partial charge >= 0.3 is 0 Å².